The summed E-state index contributed by atoms with van der Waals surface area (Å²) in [5, 5.41) is 4.20. The second kappa shape index (κ2) is 6.42. The number of anilines is 1. The fraction of sp³-hybridized carbons (Fsp3) is 0.700. The molecule has 0 amide bonds. The van der Waals surface area contributed by atoms with Gasteiger partial charge in [-0.05, 0) is 12.3 Å². The quantitative estimate of drug-likeness (QED) is 0.427. The molecule has 0 bridgehead atoms. The van der Waals surface area contributed by atoms with Crippen molar-refractivity contribution >= 4 is 5.69 Å². The summed E-state index contributed by atoms with van der Waals surface area (Å²) in [4.78, 5) is 4.98. The largest absolute Gasteiger partial charge is 0.356 e. The van der Waals surface area contributed by atoms with E-state index < -0.39 is 0 Å². The van der Waals surface area contributed by atoms with Gasteiger partial charge in [0, 0.05) is 13.7 Å². The number of hydrogen-bond donors (Lipinski definition) is 1. The normalized spacial score (nSPS) is 10.9. The van der Waals surface area contributed by atoms with Crippen LogP contribution >= 0.6 is 0 Å². The molecule has 0 aliphatic rings. The Morgan fingerprint density at radius 1 is 1.53 bits per heavy atom. The number of nitrogens with zero attached hydrogens (tertiary/aromatic N) is 2. The molecule has 0 saturated heterocycles. The first-order valence-electron chi connectivity index (χ1n) is 5.11. The van der Waals surface area contributed by atoms with Crippen LogP contribution in [-0.2, 0) is 16.1 Å². The van der Waals surface area contributed by atoms with Gasteiger partial charge in [-0.25, -0.2) is 4.84 Å². The maximum atomic E-state index is 4.98. The van der Waals surface area contributed by atoms with E-state index in [1.807, 2.05) is 10.9 Å². The van der Waals surface area contributed by atoms with Crippen LogP contribution < -0.4 is 5.48 Å². The molecule has 15 heavy (non-hydrogen) atoms. The van der Waals surface area contributed by atoms with Crippen LogP contribution in [-0.4, -0.2) is 23.7 Å². The molecule has 0 atom stereocenters. The molecular formula is C10H19N3O2. The van der Waals surface area contributed by atoms with E-state index in [1.54, 1.807) is 13.3 Å². The van der Waals surface area contributed by atoms with E-state index in [0.717, 1.165) is 18.7 Å². The van der Waals surface area contributed by atoms with Crippen molar-refractivity contribution < 1.29 is 9.57 Å². The monoisotopic (exact) mass is 213 g/mol. The van der Waals surface area contributed by atoms with Crippen molar-refractivity contribution in [3.8, 4) is 0 Å². The molecule has 1 N–H and O–H groups in total. The molecule has 0 aliphatic carbocycles. The Labute approximate surface area is 90.3 Å². The highest BCUT2D eigenvalue weighted by Gasteiger charge is 1.99. The third kappa shape index (κ3) is 4.80. The molecule has 0 fully saturated rings. The highest BCUT2D eigenvalue weighted by molar-refractivity contribution is 5.35. The van der Waals surface area contributed by atoms with Gasteiger partial charge in [0.2, 0.25) is 0 Å². The Bertz CT molecular complexity index is 273. The molecule has 5 heteroatoms. The van der Waals surface area contributed by atoms with Crippen LogP contribution in [0.3, 0.4) is 0 Å². The number of rotatable bonds is 7. The molecule has 1 aromatic rings. The van der Waals surface area contributed by atoms with E-state index in [4.69, 9.17) is 9.57 Å². The maximum absolute atomic E-state index is 4.98. The van der Waals surface area contributed by atoms with Gasteiger partial charge in [0.1, 0.15) is 0 Å². The first-order valence-corrected chi connectivity index (χ1v) is 5.11. The second-order valence-corrected chi connectivity index (χ2v) is 3.83. The summed E-state index contributed by atoms with van der Waals surface area (Å²) in [6.07, 6.45) is 4.77. The van der Waals surface area contributed by atoms with Crippen molar-refractivity contribution in [2.45, 2.75) is 26.8 Å². The van der Waals surface area contributed by atoms with Crippen molar-refractivity contribution in [3.63, 3.8) is 0 Å². The SMILES string of the molecule is COCONc1cnn(CCC(C)C)c1. The minimum atomic E-state index is 0.219. The molecular weight excluding hydrogens is 194 g/mol. The van der Waals surface area contributed by atoms with Gasteiger partial charge in [-0.2, -0.15) is 5.10 Å². The summed E-state index contributed by atoms with van der Waals surface area (Å²) in [5.74, 6) is 0.690. The standard InChI is InChI=1S/C10H19N3O2/c1-9(2)4-5-13-7-10(6-11-13)12-15-8-14-3/h6-7,9,12H,4-5,8H2,1-3H3. The fourth-order valence-corrected chi connectivity index (χ4v) is 1.10. The Morgan fingerprint density at radius 2 is 2.33 bits per heavy atom. The van der Waals surface area contributed by atoms with Crippen LogP contribution in [0.25, 0.3) is 0 Å². The van der Waals surface area contributed by atoms with Crippen molar-refractivity contribution in [3.05, 3.63) is 12.4 Å². The number of aryl methyl sites for hydroxylation is 1. The molecule has 1 rings (SSSR count). The molecule has 1 aromatic heterocycles. The van der Waals surface area contributed by atoms with Crippen LogP contribution in [0.5, 0.6) is 0 Å². The zero-order valence-electron chi connectivity index (χ0n) is 9.56. The number of methoxy groups -OCH3 is 1. The van der Waals surface area contributed by atoms with Crippen LogP contribution in [0.2, 0.25) is 0 Å². The predicted molar refractivity (Wildman–Crippen MR) is 58.3 cm³/mol. The van der Waals surface area contributed by atoms with Gasteiger partial charge in [0.05, 0.1) is 18.1 Å². The third-order valence-electron chi connectivity index (χ3n) is 1.94. The number of aromatic nitrogens is 2. The van der Waals surface area contributed by atoms with E-state index >= 15 is 0 Å². The van der Waals surface area contributed by atoms with Crippen molar-refractivity contribution in [2.75, 3.05) is 19.4 Å². The number of nitrogens with one attached hydrogen (secondary N) is 1. The zero-order valence-corrected chi connectivity index (χ0v) is 9.56. The highest BCUT2D eigenvalue weighted by atomic mass is 16.7. The lowest BCUT2D eigenvalue weighted by molar-refractivity contribution is -0.00398. The summed E-state index contributed by atoms with van der Waals surface area (Å²) in [6.45, 7) is 5.55. The summed E-state index contributed by atoms with van der Waals surface area (Å²) < 4.78 is 6.64. The Hall–Kier alpha value is -1.07. The van der Waals surface area contributed by atoms with Gasteiger partial charge in [0.25, 0.3) is 0 Å². The number of ether oxygens (including phenoxy) is 1. The molecule has 0 aromatic carbocycles. The molecule has 0 radical (unpaired) electrons. The van der Waals surface area contributed by atoms with Gasteiger partial charge in [-0.15, -0.1) is 0 Å². The fourth-order valence-electron chi connectivity index (χ4n) is 1.10. The smallest absolute Gasteiger partial charge is 0.172 e. The maximum Gasteiger partial charge on any atom is 0.172 e. The van der Waals surface area contributed by atoms with Crippen LogP contribution in [0.1, 0.15) is 20.3 Å². The van der Waals surface area contributed by atoms with Crippen molar-refractivity contribution in [1.82, 2.24) is 9.78 Å². The summed E-state index contributed by atoms with van der Waals surface area (Å²) in [7, 11) is 1.58. The molecule has 0 unspecified atom stereocenters. The van der Waals surface area contributed by atoms with Gasteiger partial charge in [0.15, 0.2) is 6.79 Å². The lowest BCUT2D eigenvalue weighted by Gasteiger charge is -2.04. The van der Waals surface area contributed by atoms with Gasteiger partial charge < -0.3 is 4.74 Å². The summed E-state index contributed by atoms with van der Waals surface area (Å²) >= 11 is 0. The van der Waals surface area contributed by atoms with Crippen LogP contribution in [0, 0.1) is 5.92 Å². The molecule has 0 saturated carbocycles. The van der Waals surface area contributed by atoms with E-state index in [2.05, 4.69) is 24.4 Å². The first-order chi connectivity index (χ1) is 7.22. The van der Waals surface area contributed by atoms with Gasteiger partial charge >= 0.3 is 0 Å². The molecule has 0 spiro atoms. The minimum Gasteiger partial charge on any atom is -0.356 e. The Balaban J connectivity index is 2.29. The zero-order chi connectivity index (χ0) is 11.1. The van der Waals surface area contributed by atoms with Crippen LogP contribution in [0.4, 0.5) is 5.69 Å². The first kappa shape index (κ1) is 12.0. The van der Waals surface area contributed by atoms with Gasteiger partial charge in [-0.3, -0.25) is 10.2 Å². The Morgan fingerprint density at radius 3 is 3.00 bits per heavy atom. The lowest BCUT2D eigenvalue weighted by Crippen LogP contribution is -2.04. The summed E-state index contributed by atoms with van der Waals surface area (Å²) in [6, 6.07) is 0. The Kier molecular flexibility index (Phi) is 5.14. The number of hydrogen-bond acceptors (Lipinski definition) is 4. The average Bonchev–Trinajstić information content (AvgIpc) is 2.63. The minimum absolute atomic E-state index is 0.219. The topological polar surface area (TPSA) is 48.3 Å². The second-order valence-electron chi connectivity index (χ2n) is 3.83. The van der Waals surface area contributed by atoms with Gasteiger partial charge in [-0.1, -0.05) is 13.8 Å². The van der Waals surface area contributed by atoms with E-state index in [-0.39, 0.29) is 6.79 Å². The van der Waals surface area contributed by atoms with E-state index in [0.29, 0.717) is 5.92 Å². The van der Waals surface area contributed by atoms with E-state index in [1.165, 1.54) is 0 Å². The lowest BCUT2D eigenvalue weighted by atomic mass is 10.1. The molecule has 86 valence electrons. The average molecular weight is 213 g/mol. The third-order valence-corrected chi connectivity index (χ3v) is 1.94. The molecule has 5 nitrogen and oxygen atoms in total. The summed E-state index contributed by atoms with van der Waals surface area (Å²) in [5.41, 5.74) is 3.59. The molecule has 1 heterocycles. The van der Waals surface area contributed by atoms with Crippen LogP contribution in [0.15, 0.2) is 12.4 Å². The molecule has 0 aliphatic heterocycles. The van der Waals surface area contributed by atoms with Crippen molar-refractivity contribution in [2.24, 2.45) is 5.92 Å². The van der Waals surface area contributed by atoms with E-state index in [9.17, 15) is 0 Å². The van der Waals surface area contributed by atoms with Crippen molar-refractivity contribution in [1.29, 1.82) is 0 Å². The highest BCUT2D eigenvalue weighted by Crippen LogP contribution is 2.07. The predicted octanol–water partition coefficient (Wildman–Crippen LogP) is 1.88.